The van der Waals surface area contributed by atoms with E-state index in [1.807, 2.05) is 12.1 Å². The zero-order valence-corrected chi connectivity index (χ0v) is 12.2. The topological polar surface area (TPSA) is 43.8 Å². The Morgan fingerprint density at radius 1 is 1.05 bits per heavy atom. The molecule has 106 valence electrons. The summed E-state index contributed by atoms with van der Waals surface area (Å²) in [6.45, 7) is 0. The third-order valence-corrected chi connectivity index (χ3v) is 3.57. The highest BCUT2D eigenvalue weighted by molar-refractivity contribution is 6.31. The molecule has 3 nitrogen and oxygen atoms in total. The molecule has 0 spiro atoms. The van der Waals surface area contributed by atoms with Crippen molar-refractivity contribution in [3.63, 3.8) is 0 Å². The molecule has 0 aliphatic rings. The second-order valence-electron chi connectivity index (χ2n) is 4.48. The molecule has 0 radical (unpaired) electrons. The molecule has 6 heteroatoms. The quantitative estimate of drug-likeness (QED) is 0.751. The van der Waals surface area contributed by atoms with Gasteiger partial charge in [-0.25, -0.2) is 9.07 Å². The number of rotatable bonds is 2. The first kappa shape index (κ1) is 13.9. The molecule has 0 aliphatic heterocycles. The van der Waals surface area contributed by atoms with Crippen LogP contribution in [-0.4, -0.2) is 9.78 Å². The van der Waals surface area contributed by atoms with Gasteiger partial charge in [0.1, 0.15) is 11.5 Å². The molecule has 0 aliphatic carbocycles. The number of nitrogens with two attached hydrogens (primary N) is 1. The molecule has 2 aromatic carbocycles. The van der Waals surface area contributed by atoms with E-state index in [0.29, 0.717) is 22.0 Å². The normalized spacial score (nSPS) is 10.8. The summed E-state index contributed by atoms with van der Waals surface area (Å²) < 4.78 is 14.9. The van der Waals surface area contributed by atoms with Crippen molar-refractivity contribution in [2.75, 3.05) is 5.73 Å². The lowest BCUT2D eigenvalue weighted by Gasteiger charge is -2.02. The first-order valence-corrected chi connectivity index (χ1v) is 6.87. The summed E-state index contributed by atoms with van der Waals surface area (Å²) in [5, 5.41) is 5.10. The highest BCUT2D eigenvalue weighted by Gasteiger charge is 2.11. The van der Waals surface area contributed by atoms with Gasteiger partial charge in [-0.3, -0.25) is 0 Å². The number of nitrogen functional groups attached to an aromatic ring is 1. The predicted octanol–water partition coefficient (Wildman–Crippen LogP) is 4.57. The van der Waals surface area contributed by atoms with Gasteiger partial charge >= 0.3 is 0 Å². The summed E-state index contributed by atoms with van der Waals surface area (Å²) in [4.78, 5) is 0. The van der Waals surface area contributed by atoms with Crippen molar-refractivity contribution >= 4 is 28.9 Å². The van der Waals surface area contributed by atoms with E-state index in [-0.39, 0.29) is 5.02 Å². The number of aromatic nitrogens is 2. The monoisotopic (exact) mass is 321 g/mol. The van der Waals surface area contributed by atoms with Crippen LogP contribution in [0.2, 0.25) is 10.0 Å². The number of hydrogen-bond acceptors (Lipinski definition) is 2. The van der Waals surface area contributed by atoms with E-state index in [1.54, 1.807) is 29.1 Å². The van der Waals surface area contributed by atoms with Crippen LogP contribution in [0, 0.1) is 5.82 Å². The van der Waals surface area contributed by atoms with Gasteiger partial charge in [0, 0.05) is 10.6 Å². The first-order chi connectivity index (χ1) is 10.0. The fourth-order valence-electron chi connectivity index (χ4n) is 1.98. The van der Waals surface area contributed by atoms with Crippen LogP contribution in [0.5, 0.6) is 0 Å². The van der Waals surface area contributed by atoms with Gasteiger partial charge in [0.15, 0.2) is 0 Å². The fraction of sp³-hybridized carbons (Fsp3) is 0. The number of hydrogen-bond donors (Lipinski definition) is 1. The minimum Gasteiger partial charge on any atom is -0.396 e. The minimum atomic E-state index is -0.476. The fourth-order valence-corrected chi connectivity index (χ4v) is 2.29. The van der Waals surface area contributed by atoms with Gasteiger partial charge < -0.3 is 5.73 Å². The van der Waals surface area contributed by atoms with Crippen LogP contribution in [0.3, 0.4) is 0 Å². The molecule has 0 saturated heterocycles. The van der Waals surface area contributed by atoms with Crippen molar-refractivity contribution in [2.45, 2.75) is 0 Å². The molecule has 0 unspecified atom stereocenters. The number of anilines is 1. The molecule has 0 saturated carbocycles. The molecule has 3 rings (SSSR count). The third-order valence-electron chi connectivity index (χ3n) is 3.03. The van der Waals surface area contributed by atoms with E-state index in [0.717, 1.165) is 5.69 Å². The molecular weight excluding hydrogens is 312 g/mol. The van der Waals surface area contributed by atoms with E-state index in [9.17, 15) is 4.39 Å². The summed E-state index contributed by atoms with van der Waals surface area (Å²) in [7, 11) is 0. The van der Waals surface area contributed by atoms with Crippen molar-refractivity contribution < 1.29 is 4.39 Å². The largest absolute Gasteiger partial charge is 0.396 e. The Kier molecular flexibility index (Phi) is 3.57. The summed E-state index contributed by atoms with van der Waals surface area (Å²) in [5.74, 6) is -0.476. The molecule has 21 heavy (non-hydrogen) atoms. The van der Waals surface area contributed by atoms with E-state index >= 15 is 0 Å². The van der Waals surface area contributed by atoms with Gasteiger partial charge in [-0.15, -0.1) is 0 Å². The highest BCUT2D eigenvalue weighted by atomic mass is 35.5. The number of halogens is 3. The average Bonchev–Trinajstić information content (AvgIpc) is 2.85. The van der Waals surface area contributed by atoms with Crippen LogP contribution >= 0.6 is 23.2 Å². The predicted molar refractivity (Wildman–Crippen MR) is 83.4 cm³/mol. The highest BCUT2D eigenvalue weighted by Crippen LogP contribution is 2.28. The smallest absolute Gasteiger partial charge is 0.141 e. The van der Waals surface area contributed by atoms with Crippen molar-refractivity contribution in [3.05, 3.63) is 64.5 Å². The lowest BCUT2D eigenvalue weighted by atomic mass is 10.1. The van der Waals surface area contributed by atoms with E-state index in [2.05, 4.69) is 5.10 Å². The van der Waals surface area contributed by atoms with Gasteiger partial charge in [-0.1, -0.05) is 23.2 Å². The number of benzene rings is 2. The average molecular weight is 322 g/mol. The summed E-state index contributed by atoms with van der Waals surface area (Å²) >= 11 is 11.7. The van der Waals surface area contributed by atoms with Gasteiger partial charge in [0.25, 0.3) is 0 Å². The standard InChI is InChI=1S/C15H10Cl2FN3/c16-10-2-4-11(5-3-10)21-8-14(19)15(20-21)9-1-6-13(18)12(17)7-9/h1-8H,19H2. The van der Waals surface area contributed by atoms with E-state index in [4.69, 9.17) is 28.9 Å². The Balaban J connectivity index is 2.05. The Morgan fingerprint density at radius 2 is 1.76 bits per heavy atom. The zero-order valence-electron chi connectivity index (χ0n) is 10.7. The van der Waals surface area contributed by atoms with Crippen LogP contribution in [0.25, 0.3) is 16.9 Å². The van der Waals surface area contributed by atoms with Crippen LogP contribution in [-0.2, 0) is 0 Å². The van der Waals surface area contributed by atoms with Gasteiger partial charge in [-0.05, 0) is 42.5 Å². The van der Waals surface area contributed by atoms with Gasteiger partial charge in [0.05, 0.1) is 22.6 Å². The van der Waals surface area contributed by atoms with E-state index in [1.165, 1.54) is 12.1 Å². The SMILES string of the molecule is Nc1cn(-c2ccc(Cl)cc2)nc1-c1ccc(F)c(Cl)c1. The van der Waals surface area contributed by atoms with Crippen LogP contribution < -0.4 is 5.73 Å². The third kappa shape index (κ3) is 2.73. The Labute approximate surface area is 130 Å². The molecule has 1 heterocycles. The Hall–Kier alpha value is -2.04. The molecule has 0 fully saturated rings. The summed E-state index contributed by atoms with van der Waals surface area (Å²) in [6, 6.07) is 11.6. The van der Waals surface area contributed by atoms with Crippen molar-refractivity contribution in [3.8, 4) is 16.9 Å². The maximum absolute atomic E-state index is 13.2. The van der Waals surface area contributed by atoms with Gasteiger partial charge in [-0.2, -0.15) is 5.10 Å². The lowest BCUT2D eigenvalue weighted by Crippen LogP contribution is -1.94. The number of nitrogens with zero attached hydrogens (tertiary/aromatic N) is 2. The van der Waals surface area contributed by atoms with Crippen molar-refractivity contribution in [2.24, 2.45) is 0 Å². The molecule has 0 atom stereocenters. The van der Waals surface area contributed by atoms with E-state index < -0.39 is 5.82 Å². The zero-order chi connectivity index (χ0) is 15.0. The Bertz CT molecular complexity index is 797. The van der Waals surface area contributed by atoms with Crippen LogP contribution in [0.1, 0.15) is 0 Å². The molecule has 0 amide bonds. The second kappa shape index (κ2) is 5.39. The molecule has 0 bridgehead atoms. The van der Waals surface area contributed by atoms with Gasteiger partial charge in [0.2, 0.25) is 0 Å². The Morgan fingerprint density at radius 3 is 2.43 bits per heavy atom. The maximum atomic E-state index is 13.2. The molecule has 3 aromatic rings. The molecular formula is C15H10Cl2FN3. The summed E-state index contributed by atoms with van der Waals surface area (Å²) in [6.07, 6.45) is 1.69. The second-order valence-corrected chi connectivity index (χ2v) is 5.33. The van der Waals surface area contributed by atoms with Crippen molar-refractivity contribution in [1.82, 2.24) is 9.78 Å². The minimum absolute atomic E-state index is 0.0351. The van der Waals surface area contributed by atoms with Crippen molar-refractivity contribution in [1.29, 1.82) is 0 Å². The van der Waals surface area contributed by atoms with Crippen LogP contribution in [0.15, 0.2) is 48.7 Å². The molecule has 2 N–H and O–H groups in total. The van der Waals surface area contributed by atoms with Crippen LogP contribution in [0.4, 0.5) is 10.1 Å². The molecule has 1 aromatic heterocycles. The maximum Gasteiger partial charge on any atom is 0.141 e. The summed E-state index contributed by atoms with van der Waals surface area (Å²) in [5.41, 5.74) is 8.49. The first-order valence-electron chi connectivity index (χ1n) is 6.11. The lowest BCUT2D eigenvalue weighted by molar-refractivity contribution is 0.628.